The third-order valence-corrected chi connectivity index (χ3v) is 5.10. The van der Waals surface area contributed by atoms with Gasteiger partial charge in [-0.05, 0) is 59.0 Å². The first kappa shape index (κ1) is 17.5. The van der Waals surface area contributed by atoms with Crippen molar-refractivity contribution in [2.45, 2.75) is 51.6 Å². The molecule has 2 rings (SSSR count). The number of likely N-dealkylation sites (tertiary alicyclic amines) is 2. The molecule has 0 spiro atoms. The monoisotopic (exact) mass is 309 g/mol. The summed E-state index contributed by atoms with van der Waals surface area (Å²) in [7, 11) is 4.10. The van der Waals surface area contributed by atoms with Gasteiger partial charge in [-0.3, -0.25) is 4.99 Å². The van der Waals surface area contributed by atoms with Crippen molar-refractivity contribution in [3.8, 4) is 0 Å². The summed E-state index contributed by atoms with van der Waals surface area (Å²) < 4.78 is 0. The van der Waals surface area contributed by atoms with Gasteiger partial charge in [-0.15, -0.1) is 0 Å². The van der Waals surface area contributed by atoms with Crippen molar-refractivity contribution in [1.82, 2.24) is 20.4 Å². The van der Waals surface area contributed by atoms with Crippen LogP contribution in [0.5, 0.6) is 0 Å². The van der Waals surface area contributed by atoms with E-state index in [0.29, 0.717) is 12.1 Å². The maximum absolute atomic E-state index is 4.41. The molecule has 0 aromatic heterocycles. The van der Waals surface area contributed by atoms with Crippen LogP contribution in [0.25, 0.3) is 0 Å². The van der Waals surface area contributed by atoms with Crippen molar-refractivity contribution >= 4 is 5.96 Å². The predicted molar refractivity (Wildman–Crippen MR) is 94.4 cm³/mol. The molecule has 0 aromatic rings. The van der Waals surface area contributed by atoms with Crippen molar-refractivity contribution in [3.63, 3.8) is 0 Å². The molecule has 2 fully saturated rings. The minimum absolute atomic E-state index is 0.565. The molecule has 0 amide bonds. The van der Waals surface area contributed by atoms with E-state index in [1.54, 1.807) is 0 Å². The summed E-state index contributed by atoms with van der Waals surface area (Å²) in [5.41, 5.74) is 0. The number of hydrogen-bond acceptors (Lipinski definition) is 3. The predicted octanol–water partition coefficient (Wildman–Crippen LogP) is 1.37. The van der Waals surface area contributed by atoms with Crippen LogP contribution in [0.4, 0.5) is 0 Å². The number of guanidine groups is 1. The van der Waals surface area contributed by atoms with Crippen molar-refractivity contribution in [1.29, 1.82) is 0 Å². The van der Waals surface area contributed by atoms with Crippen molar-refractivity contribution in [3.05, 3.63) is 0 Å². The molecule has 22 heavy (non-hydrogen) atoms. The molecule has 0 bridgehead atoms. The Kier molecular flexibility index (Phi) is 6.96. The fraction of sp³-hybridized carbons (Fsp3) is 0.941. The first-order chi connectivity index (χ1) is 10.6. The van der Waals surface area contributed by atoms with Crippen LogP contribution in [0.15, 0.2) is 4.99 Å². The topological polar surface area (TPSA) is 42.9 Å². The smallest absolute Gasteiger partial charge is 0.191 e. The summed E-state index contributed by atoms with van der Waals surface area (Å²) in [5.74, 6) is 1.73. The van der Waals surface area contributed by atoms with Gasteiger partial charge in [0.05, 0.1) is 0 Å². The van der Waals surface area contributed by atoms with Gasteiger partial charge in [0.2, 0.25) is 0 Å². The Morgan fingerprint density at radius 2 is 1.91 bits per heavy atom. The van der Waals surface area contributed by atoms with E-state index in [-0.39, 0.29) is 0 Å². The summed E-state index contributed by atoms with van der Waals surface area (Å²) in [5, 5.41) is 7.15. The highest BCUT2D eigenvalue weighted by molar-refractivity contribution is 5.79. The normalized spacial score (nSPS) is 26.4. The molecule has 5 heteroatoms. The Morgan fingerprint density at radius 1 is 1.18 bits per heavy atom. The van der Waals surface area contributed by atoms with Gasteiger partial charge >= 0.3 is 0 Å². The summed E-state index contributed by atoms with van der Waals surface area (Å²) in [6, 6.07) is 1.23. The van der Waals surface area contributed by atoms with E-state index in [0.717, 1.165) is 18.4 Å². The van der Waals surface area contributed by atoms with Crippen LogP contribution in [0.1, 0.15) is 39.5 Å². The number of hydrogen-bond donors (Lipinski definition) is 2. The summed E-state index contributed by atoms with van der Waals surface area (Å²) in [4.78, 5) is 9.41. The number of aliphatic imine (C=N–C) groups is 1. The molecule has 2 aliphatic rings. The molecule has 1 unspecified atom stereocenters. The van der Waals surface area contributed by atoms with E-state index in [9.17, 15) is 0 Å². The second-order valence-corrected chi connectivity index (χ2v) is 7.27. The Bertz CT molecular complexity index is 347. The quantitative estimate of drug-likeness (QED) is 0.608. The zero-order valence-electron chi connectivity index (χ0n) is 14.9. The molecule has 0 aliphatic carbocycles. The van der Waals surface area contributed by atoms with Gasteiger partial charge in [0.25, 0.3) is 0 Å². The highest BCUT2D eigenvalue weighted by Crippen LogP contribution is 2.14. The standard InChI is InChI=1S/C17H35N5/c1-14(2)22-10-7-16(8-11-22)20-17(18-3)19-12-15-6-5-9-21(4)13-15/h14-16H,5-13H2,1-4H3,(H2,18,19,20). The Morgan fingerprint density at radius 3 is 2.50 bits per heavy atom. The molecule has 2 heterocycles. The number of nitrogens with zero attached hydrogens (tertiary/aromatic N) is 3. The SMILES string of the molecule is CN=C(NCC1CCCN(C)C1)NC1CCN(C(C)C)CC1. The summed E-state index contributed by atoms with van der Waals surface area (Å²) in [6.07, 6.45) is 5.08. The molecular formula is C17H35N5. The zero-order chi connectivity index (χ0) is 15.9. The third kappa shape index (κ3) is 5.43. The summed E-state index contributed by atoms with van der Waals surface area (Å²) >= 11 is 0. The Balaban J connectivity index is 1.69. The summed E-state index contributed by atoms with van der Waals surface area (Å²) in [6.45, 7) is 10.5. The van der Waals surface area contributed by atoms with E-state index < -0.39 is 0 Å². The molecule has 0 radical (unpaired) electrons. The molecule has 1 atom stereocenters. The van der Waals surface area contributed by atoms with Gasteiger partial charge in [0.1, 0.15) is 0 Å². The van der Waals surface area contributed by atoms with Gasteiger partial charge in [-0.2, -0.15) is 0 Å². The average molecular weight is 310 g/mol. The third-order valence-electron chi connectivity index (χ3n) is 5.10. The Labute approximate surface area is 136 Å². The maximum atomic E-state index is 4.41. The van der Waals surface area contributed by atoms with Crippen molar-refractivity contribution < 1.29 is 0 Å². The van der Waals surface area contributed by atoms with Gasteiger partial charge in [-0.25, -0.2) is 0 Å². The van der Waals surface area contributed by atoms with Crippen LogP contribution >= 0.6 is 0 Å². The van der Waals surface area contributed by atoms with Crippen molar-refractivity contribution in [2.75, 3.05) is 46.8 Å². The lowest BCUT2D eigenvalue weighted by Crippen LogP contribution is -2.51. The highest BCUT2D eigenvalue weighted by Gasteiger charge is 2.22. The fourth-order valence-electron chi connectivity index (χ4n) is 3.63. The molecule has 128 valence electrons. The van der Waals surface area contributed by atoms with E-state index in [1.807, 2.05) is 7.05 Å². The molecule has 2 N–H and O–H groups in total. The lowest BCUT2D eigenvalue weighted by molar-refractivity contribution is 0.167. The zero-order valence-corrected chi connectivity index (χ0v) is 14.9. The van der Waals surface area contributed by atoms with Crippen LogP contribution in [0, 0.1) is 5.92 Å². The second-order valence-electron chi connectivity index (χ2n) is 7.27. The van der Waals surface area contributed by atoms with Crippen LogP contribution < -0.4 is 10.6 Å². The van der Waals surface area contributed by atoms with Crippen LogP contribution in [0.2, 0.25) is 0 Å². The van der Waals surface area contributed by atoms with Gasteiger partial charge in [0, 0.05) is 45.3 Å². The van der Waals surface area contributed by atoms with E-state index in [4.69, 9.17) is 0 Å². The van der Waals surface area contributed by atoms with Crippen LogP contribution in [0.3, 0.4) is 0 Å². The molecule has 0 aromatic carbocycles. The number of nitrogens with one attached hydrogen (secondary N) is 2. The fourth-order valence-corrected chi connectivity index (χ4v) is 3.63. The largest absolute Gasteiger partial charge is 0.356 e. The Hall–Kier alpha value is -0.810. The minimum Gasteiger partial charge on any atom is -0.356 e. The lowest BCUT2D eigenvalue weighted by atomic mass is 9.98. The molecular weight excluding hydrogens is 274 g/mol. The second kappa shape index (κ2) is 8.73. The molecule has 2 aliphatic heterocycles. The van der Waals surface area contributed by atoms with Gasteiger partial charge < -0.3 is 20.4 Å². The molecule has 0 saturated carbocycles. The first-order valence-electron chi connectivity index (χ1n) is 8.98. The molecule has 2 saturated heterocycles. The number of piperidine rings is 2. The van der Waals surface area contributed by atoms with Crippen LogP contribution in [-0.2, 0) is 0 Å². The van der Waals surface area contributed by atoms with E-state index in [2.05, 4.69) is 46.3 Å². The van der Waals surface area contributed by atoms with Gasteiger partial charge in [0.15, 0.2) is 5.96 Å². The first-order valence-corrected chi connectivity index (χ1v) is 8.98. The van der Waals surface area contributed by atoms with Crippen molar-refractivity contribution in [2.24, 2.45) is 10.9 Å². The number of rotatable bonds is 4. The van der Waals surface area contributed by atoms with E-state index >= 15 is 0 Å². The van der Waals surface area contributed by atoms with E-state index in [1.165, 1.54) is 51.9 Å². The molecule has 5 nitrogen and oxygen atoms in total. The average Bonchev–Trinajstić information content (AvgIpc) is 2.52. The van der Waals surface area contributed by atoms with Gasteiger partial charge in [-0.1, -0.05) is 0 Å². The lowest BCUT2D eigenvalue weighted by Gasteiger charge is -2.35. The minimum atomic E-state index is 0.565. The maximum Gasteiger partial charge on any atom is 0.191 e. The van der Waals surface area contributed by atoms with Crippen LogP contribution in [-0.4, -0.2) is 74.7 Å². The highest BCUT2D eigenvalue weighted by atomic mass is 15.2.